The predicted octanol–water partition coefficient (Wildman–Crippen LogP) is 8.47. The van der Waals surface area contributed by atoms with Crippen LogP contribution in [0.5, 0.6) is 5.75 Å². The zero-order valence-electron chi connectivity index (χ0n) is 28.0. The summed E-state index contributed by atoms with van der Waals surface area (Å²) in [5.74, 6) is 2.04. The first-order valence-electron chi connectivity index (χ1n) is 16.2. The van der Waals surface area contributed by atoms with E-state index in [2.05, 4.69) is 159 Å². The molecule has 0 unspecified atom stereocenters. The molecule has 0 fully saturated rings. The molecule has 2 heterocycles. The average Bonchev–Trinajstić information content (AvgIpc) is 3.37. The normalized spacial score (nSPS) is 13.8. The summed E-state index contributed by atoms with van der Waals surface area (Å²) in [4.78, 5) is 6.14. The lowest BCUT2D eigenvalue weighted by atomic mass is 10.1. The summed E-state index contributed by atoms with van der Waals surface area (Å²) in [6.07, 6.45) is 3.44. The van der Waals surface area contributed by atoms with Crippen LogP contribution in [0.3, 0.4) is 0 Å². The van der Waals surface area contributed by atoms with Gasteiger partial charge in [0.05, 0.1) is 51.6 Å². The molecule has 1 aliphatic heterocycles. The Balaban J connectivity index is 1.40. The molecule has 236 valence electrons. The molecule has 0 aliphatic carbocycles. The van der Waals surface area contributed by atoms with Crippen molar-refractivity contribution in [3.63, 3.8) is 0 Å². The summed E-state index contributed by atoms with van der Waals surface area (Å²) in [6.45, 7) is 8.43. The van der Waals surface area contributed by atoms with Crippen molar-refractivity contribution in [1.82, 2.24) is 0 Å². The summed E-state index contributed by atoms with van der Waals surface area (Å²) in [6, 6.07) is 37.2. The molecule has 0 saturated heterocycles. The lowest BCUT2D eigenvalue weighted by molar-refractivity contribution is -0.903. The van der Waals surface area contributed by atoms with E-state index in [0.717, 1.165) is 54.0 Å². The number of aromatic nitrogens is 1. The quantitative estimate of drug-likeness (QED) is 0.108. The van der Waals surface area contributed by atoms with Crippen LogP contribution in [0.2, 0.25) is 0 Å². The fourth-order valence-corrected chi connectivity index (χ4v) is 7.66. The van der Waals surface area contributed by atoms with E-state index in [-0.39, 0.29) is 0 Å². The second kappa shape index (κ2) is 13.6. The van der Waals surface area contributed by atoms with Gasteiger partial charge in [-0.15, -0.1) is 0 Å². The molecule has 0 bridgehead atoms. The van der Waals surface area contributed by atoms with E-state index in [0.29, 0.717) is 0 Å². The lowest BCUT2D eigenvalue weighted by Crippen LogP contribution is -2.44. The Bertz CT molecular complexity index is 1870. The highest BCUT2D eigenvalue weighted by atomic mass is 32.2. The van der Waals surface area contributed by atoms with E-state index < -0.39 is 0 Å². The van der Waals surface area contributed by atoms with Gasteiger partial charge in [0.1, 0.15) is 23.5 Å². The van der Waals surface area contributed by atoms with Crippen molar-refractivity contribution in [2.75, 3.05) is 57.7 Å². The Morgan fingerprint density at radius 1 is 0.913 bits per heavy atom. The number of aryl methyl sites for hydroxylation is 1. The fraction of sp³-hybridized carbons (Fsp3) is 0.275. The molecule has 1 aromatic heterocycles. The van der Waals surface area contributed by atoms with Crippen molar-refractivity contribution < 1.29 is 13.8 Å². The summed E-state index contributed by atoms with van der Waals surface area (Å²) in [5, 5.41) is 2.41. The third kappa shape index (κ3) is 6.79. The molecule has 5 nitrogen and oxygen atoms in total. The van der Waals surface area contributed by atoms with Gasteiger partial charge < -0.3 is 14.1 Å². The first-order valence-corrected chi connectivity index (χ1v) is 17.0. The minimum absolute atomic E-state index is 0.853. The van der Waals surface area contributed by atoms with Crippen molar-refractivity contribution in [3.05, 3.63) is 125 Å². The van der Waals surface area contributed by atoms with E-state index in [4.69, 9.17) is 4.74 Å². The number of anilines is 2. The lowest BCUT2D eigenvalue weighted by Gasteiger charge is -2.30. The van der Waals surface area contributed by atoms with Gasteiger partial charge in [-0.3, -0.25) is 4.90 Å². The number of quaternary nitrogens is 1. The molecular weight excluding hydrogens is 585 g/mol. The molecule has 6 heteroatoms. The Morgan fingerprint density at radius 3 is 2.43 bits per heavy atom. The highest BCUT2D eigenvalue weighted by molar-refractivity contribution is 8.03. The SMILES string of the molecule is CCN(CCC[N+](C)(C)Cc1cccc(C)c1)c1cc(C=C2Sc3ccccc3N2C)c2ccc(OC)cc2[n+]1-c1ccccc1. The van der Waals surface area contributed by atoms with Crippen molar-refractivity contribution in [2.24, 2.45) is 0 Å². The molecule has 46 heavy (non-hydrogen) atoms. The maximum absolute atomic E-state index is 5.77. The van der Waals surface area contributed by atoms with Crippen LogP contribution < -0.4 is 19.1 Å². The minimum atomic E-state index is 0.853. The smallest absolute Gasteiger partial charge is 0.282 e. The second-order valence-corrected chi connectivity index (χ2v) is 13.9. The van der Waals surface area contributed by atoms with Gasteiger partial charge in [-0.25, -0.2) is 0 Å². The zero-order chi connectivity index (χ0) is 32.3. The van der Waals surface area contributed by atoms with Gasteiger partial charge >= 0.3 is 0 Å². The average molecular weight is 631 g/mol. The van der Waals surface area contributed by atoms with Crippen molar-refractivity contribution >= 4 is 40.2 Å². The highest BCUT2D eigenvalue weighted by Crippen LogP contribution is 2.46. The van der Waals surface area contributed by atoms with E-state index >= 15 is 0 Å². The van der Waals surface area contributed by atoms with Crippen LogP contribution in [0.4, 0.5) is 11.5 Å². The Kier molecular flexibility index (Phi) is 9.39. The van der Waals surface area contributed by atoms with Gasteiger partial charge in [-0.2, -0.15) is 4.57 Å². The number of fused-ring (bicyclic) bond motifs is 2. The van der Waals surface area contributed by atoms with Gasteiger partial charge in [0.2, 0.25) is 0 Å². The fourth-order valence-electron chi connectivity index (χ4n) is 6.56. The number of rotatable bonds is 11. The van der Waals surface area contributed by atoms with Crippen LogP contribution in [0.25, 0.3) is 22.7 Å². The predicted molar refractivity (Wildman–Crippen MR) is 195 cm³/mol. The summed E-state index contributed by atoms with van der Waals surface area (Å²) < 4.78 is 9.14. The van der Waals surface area contributed by atoms with Gasteiger partial charge in [0, 0.05) is 41.4 Å². The first-order chi connectivity index (χ1) is 22.3. The molecule has 5 aromatic rings. The first kappa shape index (κ1) is 31.7. The highest BCUT2D eigenvalue weighted by Gasteiger charge is 2.27. The standard InChI is InChI=1S/C40H46N4OS/c1-7-42(23-14-24-44(4,5)29-31-16-13-15-30(2)25-31)39-26-32(27-40-41(3)36-19-11-12-20-38(36)46-40)35-22-21-34(45-6)28-37(35)43(39)33-17-9-8-10-18-33/h8-13,15-22,25-28H,7,14,23-24,29H2,1-6H3/q+2. The van der Waals surface area contributed by atoms with Crippen molar-refractivity contribution in [1.29, 1.82) is 0 Å². The molecule has 0 N–H and O–H groups in total. The van der Waals surface area contributed by atoms with Crippen LogP contribution >= 0.6 is 11.8 Å². The summed E-state index contributed by atoms with van der Waals surface area (Å²) in [7, 11) is 8.61. The molecule has 6 rings (SSSR count). The molecule has 0 atom stereocenters. The molecule has 4 aromatic carbocycles. The van der Waals surface area contributed by atoms with E-state index in [1.54, 1.807) is 7.11 Å². The molecule has 0 saturated carbocycles. The largest absolute Gasteiger partial charge is 0.497 e. The van der Waals surface area contributed by atoms with E-state index in [1.807, 2.05) is 11.8 Å². The number of hydrogen-bond donors (Lipinski definition) is 0. The van der Waals surface area contributed by atoms with Crippen molar-refractivity contribution in [2.45, 2.75) is 31.7 Å². The van der Waals surface area contributed by atoms with E-state index in [9.17, 15) is 0 Å². The summed E-state index contributed by atoms with van der Waals surface area (Å²) >= 11 is 1.83. The number of pyridine rings is 1. The number of para-hydroxylation sites is 2. The maximum Gasteiger partial charge on any atom is 0.282 e. The number of methoxy groups -OCH3 is 1. The monoisotopic (exact) mass is 630 g/mol. The van der Waals surface area contributed by atoms with Gasteiger partial charge in [0.15, 0.2) is 0 Å². The second-order valence-electron chi connectivity index (χ2n) is 12.9. The van der Waals surface area contributed by atoms with Gasteiger partial charge in [-0.1, -0.05) is 71.9 Å². The molecular formula is C40H46N4OS+2. The molecule has 0 radical (unpaired) electrons. The number of hydrogen-bond acceptors (Lipinski definition) is 4. The Morgan fingerprint density at radius 2 is 1.70 bits per heavy atom. The summed E-state index contributed by atoms with van der Waals surface area (Å²) in [5.41, 5.74) is 7.45. The van der Waals surface area contributed by atoms with Crippen LogP contribution in [0.15, 0.2) is 113 Å². The van der Waals surface area contributed by atoms with Crippen LogP contribution in [0.1, 0.15) is 30.0 Å². The topological polar surface area (TPSA) is 19.6 Å². The third-order valence-electron chi connectivity index (χ3n) is 8.93. The number of benzene rings is 4. The number of ether oxygens (including phenoxy) is 1. The third-order valence-corrected chi connectivity index (χ3v) is 10.1. The number of thioether (sulfide) groups is 1. The van der Waals surface area contributed by atoms with Crippen LogP contribution in [-0.2, 0) is 6.54 Å². The minimum Gasteiger partial charge on any atom is -0.497 e. The molecule has 0 amide bonds. The maximum atomic E-state index is 5.77. The van der Waals surface area contributed by atoms with Crippen molar-refractivity contribution in [3.8, 4) is 11.4 Å². The zero-order valence-corrected chi connectivity index (χ0v) is 28.8. The van der Waals surface area contributed by atoms with E-state index in [1.165, 1.54) is 43.5 Å². The molecule has 0 spiro atoms. The number of nitrogens with zero attached hydrogens (tertiary/aromatic N) is 4. The van der Waals surface area contributed by atoms with Crippen LogP contribution in [0, 0.1) is 6.92 Å². The Labute approximate surface area is 278 Å². The molecule has 1 aliphatic rings. The Hall–Kier alpha value is -4.26. The van der Waals surface area contributed by atoms with Gasteiger partial charge in [-0.05, 0) is 61.9 Å². The van der Waals surface area contributed by atoms with Crippen LogP contribution in [-0.4, -0.2) is 52.4 Å². The van der Waals surface area contributed by atoms with Gasteiger partial charge in [0.25, 0.3) is 5.82 Å².